The SMILES string of the molecule is Cc1ccccc1NC(=O)C(=S)NC1CC1. The van der Waals surface area contributed by atoms with Crippen molar-refractivity contribution in [3.05, 3.63) is 29.8 Å². The molecule has 84 valence electrons. The van der Waals surface area contributed by atoms with Gasteiger partial charge in [0.05, 0.1) is 0 Å². The minimum atomic E-state index is -0.226. The number of rotatable bonds is 2. The number of thiocarbonyl (C=S) groups is 1. The number of carbonyl (C=O) groups is 1. The van der Waals surface area contributed by atoms with Crippen LogP contribution in [-0.4, -0.2) is 16.9 Å². The Balaban J connectivity index is 1.95. The third-order valence-electron chi connectivity index (χ3n) is 2.51. The van der Waals surface area contributed by atoms with Gasteiger partial charge >= 0.3 is 0 Å². The normalized spacial score (nSPS) is 14.3. The van der Waals surface area contributed by atoms with Crippen molar-refractivity contribution < 1.29 is 4.79 Å². The number of hydrogen-bond donors (Lipinski definition) is 2. The second-order valence-corrected chi connectivity index (χ2v) is 4.43. The predicted molar refractivity (Wildman–Crippen MR) is 68.6 cm³/mol. The summed E-state index contributed by atoms with van der Waals surface area (Å²) >= 11 is 5.01. The molecule has 2 N–H and O–H groups in total. The number of hydrogen-bond acceptors (Lipinski definition) is 2. The number of aryl methyl sites for hydroxylation is 1. The molecule has 1 aliphatic rings. The van der Waals surface area contributed by atoms with Gasteiger partial charge in [-0.25, -0.2) is 0 Å². The maximum Gasteiger partial charge on any atom is 0.283 e. The van der Waals surface area contributed by atoms with E-state index in [1.54, 1.807) is 0 Å². The molecule has 1 amide bonds. The molecule has 0 heterocycles. The fraction of sp³-hybridized carbons (Fsp3) is 0.333. The first kappa shape index (κ1) is 11.1. The van der Waals surface area contributed by atoms with Crippen LogP contribution >= 0.6 is 12.2 Å². The van der Waals surface area contributed by atoms with Gasteiger partial charge in [-0.1, -0.05) is 30.4 Å². The van der Waals surface area contributed by atoms with Crippen LogP contribution in [0, 0.1) is 6.92 Å². The van der Waals surface area contributed by atoms with Crippen molar-refractivity contribution in [2.45, 2.75) is 25.8 Å². The summed E-state index contributed by atoms with van der Waals surface area (Å²) in [5.74, 6) is -0.226. The lowest BCUT2D eigenvalue weighted by Gasteiger charge is -2.09. The quantitative estimate of drug-likeness (QED) is 0.769. The van der Waals surface area contributed by atoms with Crippen LogP contribution in [0.2, 0.25) is 0 Å². The molecule has 1 aromatic rings. The zero-order chi connectivity index (χ0) is 11.5. The minimum Gasteiger partial charge on any atom is -0.369 e. The van der Waals surface area contributed by atoms with Crippen LogP contribution in [0.4, 0.5) is 5.69 Å². The molecular formula is C12H14N2OS. The molecule has 1 aromatic carbocycles. The molecule has 0 aliphatic heterocycles. The largest absolute Gasteiger partial charge is 0.369 e. The lowest BCUT2D eigenvalue weighted by atomic mass is 10.2. The highest BCUT2D eigenvalue weighted by molar-refractivity contribution is 7.82. The molecule has 2 rings (SSSR count). The number of amides is 1. The number of para-hydroxylation sites is 1. The Morgan fingerprint density at radius 2 is 2.06 bits per heavy atom. The summed E-state index contributed by atoms with van der Waals surface area (Å²) in [6.45, 7) is 1.95. The van der Waals surface area contributed by atoms with E-state index in [2.05, 4.69) is 10.6 Å². The molecule has 1 fully saturated rings. The first-order chi connectivity index (χ1) is 7.66. The Morgan fingerprint density at radius 1 is 1.38 bits per heavy atom. The van der Waals surface area contributed by atoms with Gasteiger partial charge in [0.2, 0.25) is 0 Å². The van der Waals surface area contributed by atoms with Crippen molar-refractivity contribution >= 4 is 28.8 Å². The Labute approximate surface area is 100 Å². The van der Waals surface area contributed by atoms with Crippen LogP contribution in [-0.2, 0) is 4.79 Å². The fourth-order valence-corrected chi connectivity index (χ4v) is 1.59. The summed E-state index contributed by atoms with van der Waals surface area (Å²) in [5, 5.41) is 5.81. The van der Waals surface area contributed by atoms with Crippen LogP contribution in [0.5, 0.6) is 0 Å². The highest BCUT2D eigenvalue weighted by atomic mass is 32.1. The molecule has 16 heavy (non-hydrogen) atoms. The molecule has 1 aliphatic carbocycles. The highest BCUT2D eigenvalue weighted by Gasteiger charge is 2.24. The monoisotopic (exact) mass is 234 g/mol. The average Bonchev–Trinajstić information content (AvgIpc) is 3.05. The van der Waals surface area contributed by atoms with Gasteiger partial charge in [0.25, 0.3) is 5.91 Å². The van der Waals surface area contributed by atoms with Gasteiger partial charge in [-0.2, -0.15) is 0 Å². The van der Waals surface area contributed by atoms with E-state index in [0.717, 1.165) is 24.1 Å². The molecular weight excluding hydrogens is 220 g/mol. The van der Waals surface area contributed by atoms with Crippen molar-refractivity contribution in [1.29, 1.82) is 0 Å². The van der Waals surface area contributed by atoms with Gasteiger partial charge in [-0.15, -0.1) is 0 Å². The van der Waals surface area contributed by atoms with E-state index in [1.165, 1.54) is 0 Å². The maximum absolute atomic E-state index is 11.7. The second kappa shape index (κ2) is 4.61. The van der Waals surface area contributed by atoms with Gasteiger partial charge in [0.1, 0.15) is 0 Å². The van der Waals surface area contributed by atoms with Crippen LogP contribution in [0.25, 0.3) is 0 Å². The molecule has 4 heteroatoms. The molecule has 1 saturated carbocycles. The maximum atomic E-state index is 11.7. The van der Waals surface area contributed by atoms with Crippen LogP contribution in [0.15, 0.2) is 24.3 Å². The molecule has 0 aromatic heterocycles. The molecule has 3 nitrogen and oxygen atoms in total. The van der Waals surface area contributed by atoms with Gasteiger partial charge < -0.3 is 10.6 Å². The van der Waals surface area contributed by atoms with Gasteiger partial charge in [0.15, 0.2) is 4.99 Å². The van der Waals surface area contributed by atoms with Crippen molar-refractivity contribution in [3.63, 3.8) is 0 Å². The molecule has 0 atom stereocenters. The molecule has 0 radical (unpaired) electrons. The van der Waals surface area contributed by atoms with E-state index < -0.39 is 0 Å². The number of carbonyl (C=O) groups excluding carboxylic acids is 1. The summed E-state index contributed by atoms with van der Waals surface area (Å²) in [6.07, 6.45) is 2.22. The van der Waals surface area contributed by atoms with E-state index >= 15 is 0 Å². The van der Waals surface area contributed by atoms with E-state index in [-0.39, 0.29) is 10.9 Å². The molecule has 0 bridgehead atoms. The predicted octanol–water partition coefficient (Wildman–Crippen LogP) is 2.01. The van der Waals surface area contributed by atoms with Crippen molar-refractivity contribution in [2.24, 2.45) is 0 Å². The number of benzene rings is 1. The van der Waals surface area contributed by atoms with Crippen LogP contribution < -0.4 is 10.6 Å². The van der Waals surface area contributed by atoms with E-state index in [4.69, 9.17) is 12.2 Å². The number of anilines is 1. The van der Waals surface area contributed by atoms with Crippen LogP contribution in [0.1, 0.15) is 18.4 Å². The van der Waals surface area contributed by atoms with Gasteiger partial charge in [-0.05, 0) is 31.4 Å². The summed E-state index contributed by atoms with van der Waals surface area (Å²) in [6, 6.07) is 8.06. The summed E-state index contributed by atoms with van der Waals surface area (Å²) < 4.78 is 0. The van der Waals surface area contributed by atoms with Crippen molar-refractivity contribution in [3.8, 4) is 0 Å². The molecule has 0 spiro atoms. The molecule has 0 unspecified atom stereocenters. The van der Waals surface area contributed by atoms with E-state index in [1.807, 2.05) is 31.2 Å². The lowest BCUT2D eigenvalue weighted by Crippen LogP contribution is -2.35. The first-order valence-corrected chi connectivity index (χ1v) is 5.75. The van der Waals surface area contributed by atoms with Crippen molar-refractivity contribution in [2.75, 3.05) is 5.32 Å². The van der Waals surface area contributed by atoms with Gasteiger partial charge in [-0.3, -0.25) is 4.79 Å². The Kier molecular flexibility index (Phi) is 3.19. The smallest absolute Gasteiger partial charge is 0.283 e. The Bertz CT molecular complexity index is 427. The summed E-state index contributed by atoms with van der Waals surface area (Å²) in [4.78, 5) is 12.0. The Hall–Kier alpha value is -1.42. The average molecular weight is 234 g/mol. The lowest BCUT2D eigenvalue weighted by molar-refractivity contribution is -0.110. The van der Waals surface area contributed by atoms with E-state index in [9.17, 15) is 4.79 Å². The fourth-order valence-electron chi connectivity index (χ4n) is 1.37. The zero-order valence-corrected chi connectivity index (χ0v) is 9.93. The third-order valence-corrected chi connectivity index (χ3v) is 2.82. The van der Waals surface area contributed by atoms with Gasteiger partial charge in [0, 0.05) is 11.7 Å². The summed E-state index contributed by atoms with van der Waals surface area (Å²) in [7, 11) is 0. The Morgan fingerprint density at radius 3 is 2.69 bits per heavy atom. The second-order valence-electron chi connectivity index (χ2n) is 4.02. The third kappa shape index (κ3) is 2.79. The highest BCUT2D eigenvalue weighted by Crippen LogP contribution is 2.19. The van der Waals surface area contributed by atoms with Crippen molar-refractivity contribution in [1.82, 2.24) is 5.32 Å². The van der Waals surface area contributed by atoms with Crippen LogP contribution in [0.3, 0.4) is 0 Å². The van der Waals surface area contributed by atoms with E-state index in [0.29, 0.717) is 6.04 Å². The topological polar surface area (TPSA) is 41.1 Å². The summed E-state index contributed by atoms with van der Waals surface area (Å²) in [5.41, 5.74) is 1.84. The zero-order valence-electron chi connectivity index (χ0n) is 9.12. The first-order valence-electron chi connectivity index (χ1n) is 5.34. The number of nitrogens with one attached hydrogen (secondary N) is 2. The minimum absolute atomic E-state index is 0.226. The standard InChI is InChI=1S/C12H14N2OS/c1-8-4-2-3-5-10(8)14-11(15)12(16)13-9-6-7-9/h2-5,9H,6-7H2,1H3,(H,13,16)(H,14,15). The molecule has 0 saturated heterocycles.